The Kier molecular flexibility index (Phi) is 7.37. The zero-order chi connectivity index (χ0) is 21.8. The molecule has 2 aliphatic heterocycles. The Morgan fingerprint density at radius 2 is 2.20 bits per heavy atom. The highest BCUT2D eigenvalue weighted by atomic mass is 35.5. The smallest absolute Gasteiger partial charge is 0.243 e. The molecule has 162 valence electrons. The molecule has 2 heterocycles. The zero-order valence-electron chi connectivity index (χ0n) is 17.3. The van der Waals surface area contributed by atoms with E-state index in [1.807, 2.05) is 26.0 Å². The van der Waals surface area contributed by atoms with E-state index in [2.05, 4.69) is 16.7 Å². The molecule has 1 saturated heterocycles. The molecular weight excluding hydrogens is 404 g/mol. The number of aliphatic hydroxyl groups excluding tert-OH is 2. The summed E-state index contributed by atoms with van der Waals surface area (Å²) in [5, 5.41) is 36.7. The number of carbonyl (C=O) groups excluding carboxylic acids is 1. The van der Waals surface area contributed by atoms with Crippen molar-refractivity contribution in [3.05, 3.63) is 40.5 Å². The Labute approximate surface area is 182 Å². The molecular formula is C22H29ClN4O3. The fourth-order valence-electron chi connectivity index (χ4n) is 4.12. The summed E-state index contributed by atoms with van der Waals surface area (Å²) in [4.78, 5) is 14.8. The average Bonchev–Trinajstić information content (AvgIpc) is 3.11. The monoisotopic (exact) mass is 432 g/mol. The topological polar surface area (TPSA) is 109 Å². The second kappa shape index (κ2) is 9.80. The molecule has 0 saturated carbocycles. The van der Waals surface area contributed by atoms with Gasteiger partial charge in [0, 0.05) is 22.7 Å². The van der Waals surface area contributed by atoms with Crippen molar-refractivity contribution in [2.45, 2.75) is 57.6 Å². The van der Waals surface area contributed by atoms with Crippen LogP contribution in [-0.2, 0) is 4.79 Å². The fraction of sp³-hybridized carbons (Fsp3) is 0.545. The van der Waals surface area contributed by atoms with E-state index in [-0.39, 0.29) is 17.7 Å². The molecule has 0 aromatic heterocycles. The van der Waals surface area contributed by atoms with Crippen LogP contribution in [0.3, 0.4) is 0 Å². The highest BCUT2D eigenvalue weighted by Crippen LogP contribution is 2.33. The third-order valence-electron chi connectivity index (χ3n) is 5.72. The number of rotatable bonds is 7. The molecule has 4 N–H and O–H groups in total. The summed E-state index contributed by atoms with van der Waals surface area (Å²) in [7, 11) is 0. The van der Waals surface area contributed by atoms with Gasteiger partial charge in [0.2, 0.25) is 5.91 Å². The first-order valence-corrected chi connectivity index (χ1v) is 10.7. The van der Waals surface area contributed by atoms with Crippen molar-refractivity contribution in [1.82, 2.24) is 15.5 Å². The van der Waals surface area contributed by atoms with E-state index in [4.69, 9.17) is 11.6 Å². The Balaban J connectivity index is 1.76. The zero-order valence-corrected chi connectivity index (χ0v) is 18.0. The molecule has 0 unspecified atom stereocenters. The van der Waals surface area contributed by atoms with Crippen molar-refractivity contribution in [3.8, 4) is 6.07 Å². The number of nitrogens with zero attached hydrogens (tertiary/aromatic N) is 2. The molecule has 1 aromatic rings. The van der Waals surface area contributed by atoms with Crippen LogP contribution >= 0.6 is 11.6 Å². The van der Waals surface area contributed by atoms with E-state index in [0.717, 1.165) is 12.0 Å². The van der Waals surface area contributed by atoms with Crippen LogP contribution in [0.2, 0.25) is 5.02 Å². The number of hydrogen-bond donors (Lipinski definition) is 4. The highest BCUT2D eigenvalue weighted by molar-refractivity contribution is 6.30. The van der Waals surface area contributed by atoms with Gasteiger partial charge >= 0.3 is 0 Å². The van der Waals surface area contributed by atoms with Crippen molar-refractivity contribution in [1.29, 1.82) is 5.26 Å². The first-order valence-electron chi connectivity index (χ1n) is 10.3. The maximum atomic E-state index is 13.2. The fourth-order valence-corrected chi connectivity index (χ4v) is 4.30. The molecule has 1 amide bonds. The van der Waals surface area contributed by atoms with Gasteiger partial charge in [-0.3, -0.25) is 10.1 Å². The van der Waals surface area contributed by atoms with Gasteiger partial charge in [0.1, 0.15) is 18.3 Å². The molecule has 1 fully saturated rings. The summed E-state index contributed by atoms with van der Waals surface area (Å²) < 4.78 is 0. The minimum atomic E-state index is -1.01. The van der Waals surface area contributed by atoms with Crippen molar-refractivity contribution in [3.63, 3.8) is 0 Å². The van der Waals surface area contributed by atoms with Gasteiger partial charge in [0.15, 0.2) is 6.23 Å². The number of hydrogen-bond acceptors (Lipinski definition) is 6. The summed E-state index contributed by atoms with van der Waals surface area (Å²) in [5.41, 5.74) is 1.49. The van der Waals surface area contributed by atoms with Crippen molar-refractivity contribution in [2.24, 2.45) is 11.8 Å². The Hall–Kier alpha value is -2.11. The molecule has 0 bridgehead atoms. The first-order chi connectivity index (χ1) is 14.3. The summed E-state index contributed by atoms with van der Waals surface area (Å²) in [5.74, 6) is -0.193. The van der Waals surface area contributed by atoms with Gasteiger partial charge in [-0.05, 0) is 55.5 Å². The number of amides is 1. The highest BCUT2D eigenvalue weighted by Gasteiger charge is 2.34. The maximum Gasteiger partial charge on any atom is 0.243 e. The van der Waals surface area contributed by atoms with Gasteiger partial charge in [-0.1, -0.05) is 31.5 Å². The average molecular weight is 433 g/mol. The van der Waals surface area contributed by atoms with Crippen LogP contribution in [0.25, 0.3) is 6.08 Å². The Morgan fingerprint density at radius 1 is 1.43 bits per heavy atom. The molecule has 2 aliphatic rings. The predicted octanol–water partition coefficient (Wildman–Crippen LogP) is 2.36. The molecule has 0 aliphatic carbocycles. The lowest BCUT2D eigenvalue weighted by Gasteiger charge is -2.38. The Morgan fingerprint density at radius 3 is 2.83 bits per heavy atom. The Bertz CT molecular complexity index is 838. The minimum absolute atomic E-state index is 0.0759. The van der Waals surface area contributed by atoms with Crippen LogP contribution < -0.4 is 10.6 Å². The molecule has 3 rings (SSSR count). The second-order valence-corrected chi connectivity index (χ2v) is 8.87. The quantitative estimate of drug-likeness (QED) is 0.526. The van der Waals surface area contributed by atoms with E-state index in [9.17, 15) is 20.3 Å². The lowest BCUT2D eigenvalue weighted by Crippen LogP contribution is -2.50. The predicted molar refractivity (Wildman–Crippen MR) is 115 cm³/mol. The van der Waals surface area contributed by atoms with E-state index < -0.39 is 24.5 Å². The van der Waals surface area contributed by atoms with Gasteiger partial charge < -0.3 is 20.4 Å². The van der Waals surface area contributed by atoms with Gasteiger partial charge in [0.05, 0.1) is 6.07 Å². The van der Waals surface area contributed by atoms with E-state index in [0.29, 0.717) is 30.0 Å². The van der Waals surface area contributed by atoms with Crippen LogP contribution in [-0.4, -0.2) is 45.9 Å². The van der Waals surface area contributed by atoms with E-state index in [1.165, 1.54) is 0 Å². The number of fused-ring (bicyclic) bond motifs is 1. The van der Waals surface area contributed by atoms with Crippen LogP contribution in [0.4, 0.5) is 0 Å². The van der Waals surface area contributed by atoms with Gasteiger partial charge in [-0.2, -0.15) is 5.26 Å². The number of benzene rings is 1. The van der Waals surface area contributed by atoms with Crippen molar-refractivity contribution >= 4 is 23.6 Å². The number of carbonyl (C=O) groups is 1. The number of nitriles is 1. The van der Waals surface area contributed by atoms with E-state index >= 15 is 0 Å². The van der Waals surface area contributed by atoms with Gasteiger partial charge in [0.25, 0.3) is 0 Å². The van der Waals surface area contributed by atoms with Crippen LogP contribution in [0.5, 0.6) is 0 Å². The molecule has 8 heteroatoms. The first kappa shape index (κ1) is 22.6. The molecule has 7 nitrogen and oxygen atoms in total. The lowest BCUT2D eigenvalue weighted by molar-refractivity contribution is -0.130. The third kappa shape index (κ3) is 5.13. The standard InChI is InChI=1S/C22H29ClN4O3/c1-13(2)9-19(21(29)26-17(12-24)10-15-5-7-25-20(15)28)27-8-6-14-3-4-16(23)11-18(14)22(27)30/h3-4,6,8,11,13,15,17,19-20,22,25,28,30H,5,7,9-10H2,1-2H3,(H,26,29)/t15-,17-,19-,20-,22-/m0/s1. The van der Waals surface area contributed by atoms with Gasteiger partial charge in [-0.15, -0.1) is 0 Å². The van der Waals surface area contributed by atoms with Gasteiger partial charge in [-0.25, -0.2) is 0 Å². The molecule has 1 aromatic carbocycles. The molecule has 0 spiro atoms. The summed E-state index contributed by atoms with van der Waals surface area (Å²) in [6, 6.07) is 6.08. The summed E-state index contributed by atoms with van der Waals surface area (Å²) >= 11 is 6.10. The van der Waals surface area contributed by atoms with E-state index in [1.54, 1.807) is 23.2 Å². The molecule has 0 radical (unpaired) electrons. The second-order valence-electron chi connectivity index (χ2n) is 8.43. The number of halogens is 1. The van der Waals surface area contributed by atoms with Crippen LogP contribution in [0, 0.1) is 23.2 Å². The number of nitrogens with one attached hydrogen (secondary N) is 2. The normalized spacial score (nSPS) is 25.0. The van der Waals surface area contributed by atoms with Crippen molar-refractivity contribution < 1.29 is 15.0 Å². The lowest BCUT2D eigenvalue weighted by atomic mass is 9.95. The number of aliphatic hydroxyl groups is 2. The summed E-state index contributed by atoms with van der Waals surface area (Å²) in [6.45, 7) is 4.71. The summed E-state index contributed by atoms with van der Waals surface area (Å²) in [6.07, 6.45) is 3.55. The largest absolute Gasteiger partial charge is 0.378 e. The molecule has 5 atom stereocenters. The van der Waals surface area contributed by atoms with Crippen molar-refractivity contribution in [2.75, 3.05) is 6.54 Å². The third-order valence-corrected chi connectivity index (χ3v) is 5.95. The minimum Gasteiger partial charge on any atom is -0.378 e. The van der Waals surface area contributed by atoms with Crippen LogP contribution in [0.1, 0.15) is 50.5 Å². The van der Waals surface area contributed by atoms with Crippen LogP contribution in [0.15, 0.2) is 24.4 Å². The SMILES string of the molecule is CC(C)C[C@@H](C(=O)N[C@H](C#N)C[C@@H]1CCN[C@H]1O)N1C=Cc2ccc(Cl)cc2[C@@H]1O. The molecule has 30 heavy (non-hydrogen) atoms. The maximum absolute atomic E-state index is 13.2.